The first-order chi connectivity index (χ1) is 13.5. The van der Waals surface area contributed by atoms with Gasteiger partial charge in [-0.15, -0.1) is 0 Å². The molecule has 3 aromatic rings. The molecule has 1 aliphatic rings. The summed E-state index contributed by atoms with van der Waals surface area (Å²) >= 11 is 0. The first-order valence-electron chi connectivity index (χ1n) is 9.07. The minimum absolute atomic E-state index is 0.0152. The Labute approximate surface area is 162 Å². The van der Waals surface area contributed by atoms with Crippen molar-refractivity contribution in [3.63, 3.8) is 0 Å². The van der Waals surface area contributed by atoms with Crippen molar-refractivity contribution in [2.45, 2.75) is 13.3 Å². The summed E-state index contributed by atoms with van der Waals surface area (Å²) in [6.07, 6.45) is 4.03. The van der Waals surface area contributed by atoms with E-state index in [0.717, 1.165) is 40.1 Å². The first kappa shape index (κ1) is 17.7. The van der Waals surface area contributed by atoms with E-state index in [1.165, 1.54) is 6.08 Å². The summed E-state index contributed by atoms with van der Waals surface area (Å²) < 4.78 is 1.79. The van der Waals surface area contributed by atoms with Gasteiger partial charge < -0.3 is 10.6 Å². The van der Waals surface area contributed by atoms with E-state index >= 15 is 0 Å². The van der Waals surface area contributed by atoms with Crippen LogP contribution in [0.1, 0.15) is 21.6 Å². The summed E-state index contributed by atoms with van der Waals surface area (Å²) in [5.74, 6) is -0.272. The van der Waals surface area contributed by atoms with Crippen molar-refractivity contribution in [2.24, 2.45) is 0 Å². The largest absolute Gasteiger partial charge is 0.352 e. The fourth-order valence-corrected chi connectivity index (χ4v) is 3.39. The van der Waals surface area contributed by atoms with Gasteiger partial charge in [-0.2, -0.15) is 5.10 Å². The van der Waals surface area contributed by atoms with Crippen LogP contribution in [0.3, 0.4) is 0 Å². The molecule has 2 aromatic carbocycles. The minimum atomic E-state index is -0.257. The molecule has 2 N–H and O–H groups in total. The lowest BCUT2D eigenvalue weighted by atomic mass is 9.95. The van der Waals surface area contributed by atoms with Gasteiger partial charge in [0.2, 0.25) is 5.91 Å². The molecule has 0 atom stereocenters. The fraction of sp³-hybridized carbons (Fsp3) is 0.136. The van der Waals surface area contributed by atoms with Crippen molar-refractivity contribution in [2.75, 3.05) is 11.9 Å². The van der Waals surface area contributed by atoms with Crippen molar-refractivity contribution in [1.82, 2.24) is 15.1 Å². The van der Waals surface area contributed by atoms with Crippen LogP contribution >= 0.6 is 0 Å². The van der Waals surface area contributed by atoms with Crippen LogP contribution in [0.5, 0.6) is 0 Å². The molecule has 140 valence electrons. The monoisotopic (exact) mass is 372 g/mol. The highest BCUT2D eigenvalue weighted by atomic mass is 16.2. The smallest absolute Gasteiger partial charge is 0.251 e. The summed E-state index contributed by atoms with van der Waals surface area (Å²) in [6.45, 7) is 6.09. The molecule has 0 unspecified atom stereocenters. The molecule has 0 aliphatic carbocycles. The number of benzene rings is 2. The molecular weight excluding hydrogens is 352 g/mol. The number of amides is 2. The van der Waals surface area contributed by atoms with Crippen LogP contribution in [0, 0.1) is 6.92 Å². The van der Waals surface area contributed by atoms with Crippen LogP contribution in [-0.2, 0) is 11.2 Å². The van der Waals surface area contributed by atoms with Gasteiger partial charge in [0, 0.05) is 29.6 Å². The second-order valence-corrected chi connectivity index (χ2v) is 6.69. The maximum Gasteiger partial charge on any atom is 0.251 e. The van der Waals surface area contributed by atoms with Crippen molar-refractivity contribution < 1.29 is 9.59 Å². The van der Waals surface area contributed by atoms with E-state index in [9.17, 15) is 9.59 Å². The lowest BCUT2D eigenvalue weighted by molar-refractivity contribution is -0.111. The number of nitrogens with zero attached hydrogens (tertiary/aromatic N) is 2. The number of carbonyl (C=O) groups is 2. The Hall–Kier alpha value is -3.67. The molecule has 1 aliphatic heterocycles. The summed E-state index contributed by atoms with van der Waals surface area (Å²) in [5, 5.41) is 10.3. The Morgan fingerprint density at radius 2 is 2.11 bits per heavy atom. The third-order valence-corrected chi connectivity index (χ3v) is 4.80. The molecule has 0 fully saturated rings. The van der Waals surface area contributed by atoms with Gasteiger partial charge in [0.05, 0.1) is 11.4 Å². The number of hydrogen-bond acceptors (Lipinski definition) is 3. The second-order valence-electron chi connectivity index (χ2n) is 6.69. The lowest BCUT2D eigenvalue weighted by Crippen LogP contribution is -2.31. The number of carbonyl (C=O) groups excluding carboxylic acids is 2. The maximum absolute atomic E-state index is 12.0. The van der Waals surface area contributed by atoms with Crippen molar-refractivity contribution in [3.8, 4) is 16.8 Å². The number of hydrogen-bond donors (Lipinski definition) is 2. The van der Waals surface area contributed by atoms with Crippen LogP contribution in [0.25, 0.3) is 16.8 Å². The van der Waals surface area contributed by atoms with E-state index < -0.39 is 0 Å². The van der Waals surface area contributed by atoms with Gasteiger partial charge >= 0.3 is 0 Å². The molecular formula is C22H20N4O2. The third kappa shape index (κ3) is 3.32. The molecule has 2 heterocycles. The van der Waals surface area contributed by atoms with E-state index in [2.05, 4.69) is 28.4 Å². The van der Waals surface area contributed by atoms with Gasteiger partial charge in [0.1, 0.15) is 0 Å². The average Bonchev–Trinajstić information content (AvgIpc) is 3.10. The molecule has 6 nitrogen and oxygen atoms in total. The van der Waals surface area contributed by atoms with Crippen LogP contribution in [0.15, 0.2) is 61.3 Å². The summed E-state index contributed by atoms with van der Waals surface area (Å²) in [4.78, 5) is 23.5. The zero-order chi connectivity index (χ0) is 19.7. The Morgan fingerprint density at radius 3 is 2.93 bits per heavy atom. The normalized spacial score (nSPS) is 12.8. The van der Waals surface area contributed by atoms with Crippen LogP contribution in [0.2, 0.25) is 0 Å². The minimum Gasteiger partial charge on any atom is -0.352 e. The Morgan fingerprint density at radius 1 is 1.25 bits per heavy atom. The van der Waals surface area contributed by atoms with Crippen LogP contribution in [-0.4, -0.2) is 28.1 Å². The van der Waals surface area contributed by atoms with Gasteiger partial charge in [-0.1, -0.05) is 24.8 Å². The fourth-order valence-electron chi connectivity index (χ4n) is 3.39. The van der Waals surface area contributed by atoms with E-state index in [1.54, 1.807) is 4.68 Å². The maximum atomic E-state index is 12.0. The van der Waals surface area contributed by atoms with Gasteiger partial charge in [0.15, 0.2) is 0 Å². The molecule has 28 heavy (non-hydrogen) atoms. The molecule has 1 aromatic heterocycles. The highest BCUT2D eigenvalue weighted by molar-refractivity contribution is 5.99. The summed E-state index contributed by atoms with van der Waals surface area (Å²) in [5.41, 5.74) is 6.25. The standard InChI is InChI=1S/C22H20N4O2/c1-3-21(27)24-17-5-4-6-18(12-17)26-13-20(14(2)25-26)15-7-8-19-16(11-15)9-10-23-22(19)28/h3-8,11-13H,1,9-10H2,2H3,(H,23,28)(H,24,27). The predicted octanol–water partition coefficient (Wildman–Crippen LogP) is 3.26. The molecule has 0 saturated carbocycles. The van der Waals surface area contributed by atoms with Crippen molar-refractivity contribution in [3.05, 3.63) is 78.1 Å². The van der Waals surface area contributed by atoms with Crippen molar-refractivity contribution in [1.29, 1.82) is 0 Å². The zero-order valence-corrected chi connectivity index (χ0v) is 15.5. The molecule has 0 bridgehead atoms. The quantitative estimate of drug-likeness (QED) is 0.690. The van der Waals surface area contributed by atoms with E-state index in [1.807, 2.05) is 49.5 Å². The molecule has 0 radical (unpaired) electrons. The number of anilines is 1. The molecule has 6 heteroatoms. The lowest BCUT2D eigenvalue weighted by Gasteiger charge is -2.17. The number of aryl methyl sites for hydroxylation is 1. The Balaban J connectivity index is 1.68. The van der Waals surface area contributed by atoms with E-state index in [0.29, 0.717) is 12.2 Å². The van der Waals surface area contributed by atoms with E-state index in [4.69, 9.17) is 0 Å². The van der Waals surface area contributed by atoms with E-state index in [-0.39, 0.29) is 11.8 Å². The van der Waals surface area contributed by atoms with Crippen LogP contribution < -0.4 is 10.6 Å². The second kappa shape index (κ2) is 7.15. The number of aromatic nitrogens is 2. The number of fused-ring (bicyclic) bond motifs is 1. The van der Waals surface area contributed by atoms with Crippen LogP contribution in [0.4, 0.5) is 5.69 Å². The highest BCUT2D eigenvalue weighted by Gasteiger charge is 2.18. The third-order valence-electron chi connectivity index (χ3n) is 4.80. The highest BCUT2D eigenvalue weighted by Crippen LogP contribution is 2.28. The Bertz CT molecular complexity index is 1100. The SMILES string of the molecule is C=CC(=O)Nc1cccc(-n2cc(-c3ccc4c(c3)CCNC4=O)c(C)n2)c1. The zero-order valence-electron chi connectivity index (χ0n) is 15.5. The first-order valence-corrected chi connectivity index (χ1v) is 9.07. The molecule has 4 rings (SSSR count). The van der Waals surface area contributed by atoms with Gasteiger partial charge in [-0.05, 0) is 54.8 Å². The number of nitrogens with one attached hydrogen (secondary N) is 2. The van der Waals surface area contributed by atoms with Gasteiger partial charge in [-0.25, -0.2) is 4.68 Å². The molecule has 0 saturated heterocycles. The van der Waals surface area contributed by atoms with Crippen molar-refractivity contribution >= 4 is 17.5 Å². The summed E-state index contributed by atoms with van der Waals surface area (Å²) in [6, 6.07) is 13.4. The molecule has 0 spiro atoms. The predicted molar refractivity (Wildman–Crippen MR) is 109 cm³/mol. The topological polar surface area (TPSA) is 76.0 Å². The number of rotatable bonds is 4. The Kier molecular flexibility index (Phi) is 4.53. The van der Waals surface area contributed by atoms with Gasteiger partial charge in [0.25, 0.3) is 5.91 Å². The average molecular weight is 372 g/mol. The van der Waals surface area contributed by atoms with Gasteiger partial charge in [-0.3, -0.25) is 9.59 Å². The molecule has 2 amide bonds. The summed E-state index contributed by atoms with van der Waals surface area (Å²) in [7, 11) is 0.